The lowest BCUT2D eigenvalue weighted by atomic mass is 10.1. The van der Waals surface area contributed by atoms with Crippen molar-refractivity contribution >= 4 is 20.9 Å². The van der Waals surface area contributed by atoms with E-state index in [0.717, 1.165) is 19.3 Å². The first-order chi connectivity index (χ1) is 12.5. The van der Waals surface area contributed by atoms with E-state index in [1.54, 1.807) is 25.1 Å². The maximum atomic E-state index is 12.7. The highest BCUT2D eigenvalue weighted by Crippen LogP contribution is 2.28. The van der Waals surface area contributed by atoms with Crippen molar-refractivity contribution in [1.29, 1.82) is 0 Å². The number of rotatable bonds is 11. The van der Waals surface area contributed by atoms with Gasteiger partial charge >= 0.3 is 0 Å². The lowest BCUT2D eigenvalue weighted by molar-refractivity contribution is 0.480. The Balaban J connectivity index is 1.92. The lowest BCUT2D eigenvalue weighted by Gasteiger charge is -2.11. The van der Waals surface area contributed by atoms with Crippen LogP contribution in [0.15, 0.2) is 29.2 Å². The number of phenols is 1. The van der Waals surface area contributed by atoms with Crippen molar-refractivity contribution in [2.75, 3.05) is 6.54 Å². The van der Waals surface area contributed by atoms with Crippen molar-refractivity contribution in [1.82, 2.24) is 9.71 Å². The van der Waals surface area contributed by atoms with Gasteiger partial charge in [0.1, 0.15) is 11.3 Å². The standard InChI is InChI=1S/C20H30N2O3S/c1-3-4-5-6-7-8-9-10-14-21-26(24,25)19-15-16(2)22-20-17(19)12-11-13-18(20)23/h11-13,15,21,23H,3-10,14H2,1-2H3. The van der Waals surface area contributed by atoms with E-state index < -0.39 is 10.0 Å². The molecule has 6 heteroatoms. The maximum absolute atomic E-state index is 12.7. The minimum atomic E-state index is -3.63. The molecule has 2 aromatic rings. The molecule has 26 heavy (non-hydrogen) atoms. The van der Waals surface area contributed by atoms with Crippen LogP contribution in [0.4, 0.5) is 0 Å². The highest BCUT2D eigenvalue weighted by molar-refractivity contribution is 7.89. The molecule has 144 valence electrons. The minimum Gasteiger partial charge on any atom is -0.506 e. The summed E-state index contributed by atoms with van der Waals surface area (Å²) in [5, 5.41) is 10.4. The van der Waals surface area contributed by atoms with Crippen LogP contribution >= 0.6 is 0 Å². The number of nitrogens with zero attached hydrogens (tertiary/aromatic N) is 1. The van der Waals surface area contributed by atoms with E-state index in [4.69, 9.17) is 0 Å². The Morgan fingerprint density at radius 1 is 1.04 bits per heavy atom. The lowest BCUT2D eigenvalue weighted by Crippen LogP contribution is -2.25. The Bertz CT molecular complexity index is 819. The fourth-order valence-corrected chi connectivity index (χ4v) is 4.44. The van der Waals surface area contributed by atoms with Gasteiger partial charge in [-0.15, -0.1) is 0 Å². The highest BCUT2D eigenvalue weighted by atomic mass is 32.2. The molecular weight excluding hydrogens is 348 g/mol. The van der Waals surface area contributed by atoms with Crippen molar-refractivity contribution in [2.45, 2.75) is 70.1 Å². The fraction of sp³-hybridized carbons (Fsp3) is 0.550. The first-order valence-electron chi connectivity index (χ1n) is 9.54. The van der Waals surface area contributed by atoms with E-state index in [0.29, 0.717) is 23.1 Å². The molecular formula is C20H30N2O3S. The second-order valence-electron chi connectivity index (χ2n) is 6.81. The third kappa shape index (κ3) is 5.68. The molecule has 0 aliphatic rings. The molecule has 5 nitrogen and oxygen atoms in total. The number of para-hydroxylation sites is 1. The van der Waals surface area contributed by atoms with Crippen LogP contribution in [0, 0.1) is 6.92 Å². The summed E-state index contributed by atoms with van der Waals surface area (Å²) >= 11 is 0. The van der Waals surface area contributed by atoms with E-state index in [9.17, 15) is 13.5 Å². The van der Waals surface area contributed by atoms with Crippen molar-refractivity contribution in [2.24, 2.45) is 0 Å². The summed E-state index contributed by atoms with van der Waals surface area (Å²) in [6, 6.07) is 6.37. The molecule has 0 bridgehead atoms. The first-order valence-corrected chi connectivity index (χ1v) is 11.0. The summed E-state index contributed by atoms with van der Waals surface area (Å²) in [4.78, 5) is 4.43. The van der Waals surface area contributed by atoms with Crippen LogP contribution < -0.4 is 4.72 Å². The smallest absolute Gasteiger partial charge is 0.241 e. The van der Waals surface area contributed by atoms with Gasteiger partial charge in [-0.25, -0.2) is 18.1 Å². The molecule has 1 aromatic heterocycles. The average Bonchev–Trinajstić information content (AvgIpc) is 2.60. The van der Waals surface area contributed by atoms with Gasteiger partial charge in [0.2, 0.25) is 10.0 Å². The Morgan fingerprint density at radius 2 is 1.69 bits per heavy atom. The largest absolute Gasteiger partial charge is 0.506 e. The van der Waals surface area contributed by atoms with Crippen LogP contribution in [0.3, 0.4) is 0 Å². The fourth-order valence-electron chi connectivity index (χ4n) is 3.09. The maximum Gasteiger partial charge on any atom is 0.241 e. The van der Waals surface area contributed by atoms with E-state index in [1.165, 1.54) is 38.2 Å². The van der Waals surface area contributed by atoms with E-state index >= 15 is 0 Å². The molecule has 0 aliphatic heterocycles. The predicted octanol–water partition coefficient (Wildman–Crippen LogP) is 4.67. The van der Waals surface area contributed by atoms with Crippen molar-refractivity contribution in [3.63, 3.8) is 0 Å². The first kappa shape index (κ1) is 20.6. The van der Waals surface area contributed by atoms with Gasteiger partial charge in [-0.3, -0.25) is 0 Å². The predicted molar refractivity (Wildman–Crippen MR) is 106 cm³/mol. The number of aryl methyl sites for hydroxylation is 1. The molecule has 2 N–H and O–H groups in total. The van der Waals surface area contributed by atoms with Gasteiger partial charge in [-0.2, -0.15) is 0 Å². The molecule has 1 aromatic carbocycles. The topological polar surface area (TPSA) is 79.3 Å². The third-order valence-electron chi connectivity index (χ3n) is 4.52. The monoisotopic (exact) mass is 378 g/mol. The van der Waals surface area contributed by atoms with E-state index in [-0.39, 0.29) is 10.6 Å². The minimum absolute atomic E-state index is 0.00859. The molecule has 0 spiro atoms. The van der Waals surface area contributed by atoms with Crippen molar-refractivity contribution < 1.29 is 13.5 Å². The second-order valence-corrected chi connectivity index (χ2v) is 8.54. The average molecular weight is 379 g/mol. The Morgan fingerprint density at radius 3 is 2.38 bits per heavy atom. The Kier molecular flexibility index (Phi) is 7.85. The van der Waals surface area contributed by atoms with Gasteiger partial charge in [0.05, 0.1) is 4.90 Å². The molecule has 0 saturated heterocycles. The zero-order valence-electron chi connectivity index (χ0n) is 15.8. The van der Waals surface area contributed by atoms with Gasteiger partial charge in [0.15, 0.2) is 0 Å². The summed E-state index contributed by atoms with van der Waals surface area (Å²) in [5.74, 6) is -0.00859. The van der Waals surface area contributed by atoms with Gasteiger partial charge < -0.3 is 5.11 Å². The van der Waals surface area contributed by atoms with Crippen molar-refractivity contribution in [3.8, 4) is 5.75 Å². The number of sulfonamides is 1. The number of aromatic nitrogens is 1. The number of benzene rings is 1. The summed E-state index contributed by atoms with van der Waals surface area (Å²) in [5.41, 5.74) is 0.881. The van der Waals surface area contributed by atoms with Gasteiger partial charge in [-0.05, 0) is 25.5 Å². The number of nitrogens with one attached hydrogen (secondary N) is 1. The van der Waals surface area contributed by atoms with Crippen LogP contribution in [-0.4, -0.2) is 25.1 Å². The third-order valence-corrected chi connectivity index (χ3v) is 6.02. The Labute approximate surface area is 156 Å². The summed E-state index contributed by atoms with van der Waals surface area (Å²) < 4.78 is 28.1. The molecule has 0 fully saturated rings. The number of aromatic hydroxyl groups is 1. The van der Waals surface area contributed by atoms with Gasteiger partial charge in [-0.1, -0.05) is 64.0 Å². The Hall–Kier alpha value is -1.66. The summed E-state index contributed by atoms with van der Waals surface area (Å²) in [6.45, 7) is 4.36. The molecule has 0 atom stereocenters. The quantitative estimate of drug-likeness (QED) is 0.557. The molecule has 0 aliphatic carbocycles. The molecule has 0 saturated carbocycles. The van der Waals surface area contributed by atoms with Crippen LogP contribution in [0.2, 0.25) is 0 Å². The molecule has 0 radical (unpaired) electrons. The normalized spacial score (nSPS) is 11.9. The van der Waals surface area contributed by atoms with Crippen LogP contribution in [0.25, 0.3) is 10.9 Å². The zero-order valence-corrected chi connectivity index (χ0v) is 16.6. The van der Waals surface area contributed by atoms with Gasteiger partial charge in [0.25, 0.3) is 0 Å². The summed E-state index contributed by atoms with van der Waals surface area (Å²) in [7, 11) is -3.63. The summed E-state index contributed by atoms with van der Waals surface area (Å²) in [6.07, 6.45) is 9.36. The molecule has 0 unspecified atom stereocenters. The second kappa shape index (κ2) is 9.88. The molecule has 0 amide bonds. The number of unbranched alkanes of at least 4 members (excludes halogenated alkanes) is 7. The molecule has 1 heterocycles. The van der Waals surface area contributed by atoms with Crippen molar-refractivity contribution in [3.05, 3.63) is 30.0 Å². The van der Waals surface area contributed by atoms with E-state index in [1.807, 2.05) is 0 Å². The van der Waals surface area contributed by atoms with Gasteiger partial charge in [0, 0.05) is 17.6 Å². The number of pyridine rings is 1. The highest BCUT2D eigenvalue weighted by Gasteiger charge is 2.19. The number of hydrogen-bond acceptors (Lipinski definition) is 4. The SMILES string of the molecule is CCCCCCCCCCNS(=O)(=O)c1cc(C)nc2c(O)cccc12. The molecule has 2 rings (SSSR count). The van der Waals surface area contributed by atoms with E-state index in [2.05, 4.69) is 16.6 Å². The van der Waals surface area contributed by atoms with Crippen LogP contribution in [0.1, 0.15) is 64.0 Å². The number of hydrogen-bond donors (Lipinski definition) is 2. The number of phenolic OH excluding ortho intramolecular Hbond substituents is 1. The van der Waals surface area contributed by atoms with Crippen LogP contribution in [-0.2, 0) is 10.0 Å². The van der Waals surface area contributed by atoms with Crippen LogP contribution in [0.5, 0.6) is 5.75 Å². The number of fused-ring (bicyclic) bond motifs is 1. The zero-order chi connectivity index (χ0) is 19.0.